The van der Waals surface area contributed by atoms with E-state index in [0.29, 0.717) is 36.7 Å². The molecule has 1 saturated heterocycles. The highest BCUT2D eigenvalue weighted by Gasteiger charge is 2.32. The van der Waals surface area contributed by atoms with Gasteiger partial charge in [-0.2, -0.15) is 13.2 Å². The summed E-state index contributed by atoms with van der Waals surface area (Å²) in [6.07, 6.45) is 1.95. The smallest absolute Gasteiger partial charge is 0.348 e. The Hall–Kier alpha value is -2.32. The highest BCUT2D eigenvalue weighted by atomic mass is 19.4. The summed E-state index contributed by atoms with van der Waals surface area (Å²) in [6, 6.07) is 5.74. The van der Waals surface area contributed by atoms with Gasteiger partial charge in [0.05, 0.1) is 13.2 Å². The number of benzene rings is 2. The zero-order valence-electron chi connectivity index (χ0n) is 20.1. The summed E-state index contributed by atoms with van der Waals surface area (Å²) in [5, 5.41) is 0. The van der Waals surface area contributed by atoms with Crippen molar-refractivity contribution in [2.24, 2.45) is 17.8 Å². The molecule has 0 amide bonds. The average Bonchev–Trinajstić information content (AvgIpc) is 2.83. The van der Waals surface area contributed by atoms with E-state index >= 15 is 0 Å². The third-order valence-electron chi connectivity index (χ3n) is 7.27. The quantitative estimate of drug-likeness (QED) is 0.361. The van der Waals surface area contributed by atoms with Gasteiger partial charge >= 0.3 is 6.18 Å². The fourth-order valence-electron chi connectivity index (χ4n) is 5.33. The van der Waals surface area contributed by atoms with Crippen LogP contribution in [0.1, 0.15) is 62.9 Å². The molecule has 0 radical (unpaired) electrons. The van der Waals surface area contributed by atoms with Gasteiger partial charge in [0.15, 0.2) is 6.29 Å². The number of halogens is 6. The lowest BCUT2D eigenvalue weighted by Crippen LogP contribution is -2.34. The van der Waals surface area contributed by atoms with Crippen LogP contribution in [0.15, 0.2) is 36.4 Å². The van der Waals surface area contributed by atoms with Crippen LogP contribution in [0.5, 0.6) is 0 Å². The maximum absolute atomic E-state index is 14.9. The number of alkyl halides is 3. The second-order valence-electron chi connectivity index (χ2n) is 9.80. The summed E-state index contributed by atoms with van der Waals surface area (Å²) in [5.74, 6) is -1.49. The molecule has 2 fully saturated rings. The maximum Gasteiger partial charge on any atom is 0.409 e. The van der Waals surface area contributed by atoms with Crippen molar-refractivity contribution in [1.29, 1.82) is 0 Å². The molecule has 1 aliphatic heterocycles. The standard InChI is InChI=1S/C28H30F6O2/c1-2-3-17-4-6-18(7-5-17)21-15-35-27(36-16-21)19-8-9-22(24(29)12-19)20-13-25(30)23(26(31)14-20)10-11-28(32,33)34/h8-14,17-18,21,27H,2-7,15-16H2,1H3/b11-10+. The zero-order valence-corrected chi connectivity index (χ0v) is 20.1. The van der Waals surface area contributed by atoms with E-state index in [4.69, 9.17) is 9.47 Å². The third kappa shape index (κ3) is 6.51. The van der Waals surface area contributed by atoms with Crippen molar-refractivity contribution in [3.05, 3.63) is 65.0 Å². The largest absolute Gasteiger partial charge is 0.409 e. The molecule has 2 nitrogen and oxygen atoms in total. The molecule has 2 aromatic rings. The number of allylic oxidation sites excluding steroid dienone is 1. The van der Waals surface area contributed by atoms with Crippen LogP contribution in [0.3, 0.4) is 0 Å². The minimum absolute atomic E-state index is 0.0829. The molecule has 1 saturated carbocycles. The molecule has 0 bridgehead atoms. The topological polar surface area (TPSA) is 18.5 Å². The van der Waals surface area contributed by atoms with E-state index in [2.05, 4.69) is 6.92 Å². The SMILES string of the molecule is CCCC1CCC(C2COC(c3ccc(-c4cc(F)c(/C=C/C(F)(F)F)c(F)c4)c(F)c3)OC2)CC1. The fraction of sp³-hybridized carbons (Fsp3) is 0.500. The number of ether oxygens (including phenoxy) is 2. The first kappa shape index (κ1) is 26.7. The van der Waals surface area contributed by atoms with E-state index in [-0.39, 0.29) is 17.2 Å². The fourth-order valence-corrected chi connectivity index (χ4v) is 5.33. The van der Waals surface area contributed by atoms with E-state index in [0.717, 1.165) is 18.1 Å². The monoisotopic (exact) mass is 512 g/mol. The molecule has 0 spiro atoms. The normalized spacial score (nSPS) is 25.4. The lowest BCUT2D eigenvalue weighted by molar-refractivity contribution is -0.214. The molecule has 2 aliphatic rings. The van der Waals surface area contributed by atoms with Crippen LogP contribution in [0, 0.1) is 35.2 Å². The van der Waals surface area contributed by atoms with Crippen LogP contribution in [-0.4, -0.2) is 19.4 Å². The molecule has 0 N–H and O–H groups in total. The van der Waals surface area contributed by atoms with Crippen LogP contribution in [0.2, 0.25) is 0 Å². The van der Waals surface area contributed by atoms with Crippen molar-refractivity contribution in [1.82, 2.24) is 0 Å². The summed E-state index contributed by atoms with van der Waals surface area (Å²) in [7, 11) is 0. The number of hydrogen-bond acceptors (Lipinski definition) is 2. The Balaban J connectivity index is 1.40. The van der Waals surface area contributed by atoms with Crippen molar-refractivity contribution >= 4 is 6.08 Å². The van der Waals surface area contributed by atoms with Crippen molar-refractivity contribution in [2.75, 3.05) is 13.2 Å². The molecule has 0 unspecified atom stereocenters. The van der Waals surface area contributed by atoms with E-state index in [1.807, 2.05) is 0 Å². The molecular formula is C28H30F6O2. The summed E-state index contributed by atoms with van der Waals surface area (Å²) >= 11 is 0. The highest BCUT2D eigenvalue weighted by molar-refractivity contribution is 5.67. The maximum atomic E-state index is 14.9. The third-order valence-corrected chi connectivity index (χ3v) is 7.27. The van der Waals surface area contributed by atoms with E-state index in [9.17, 15) is 26.3 Å². The summed E-state index contributed by atoms with van der Waals surface area (Å²) < 4.78 is 92.4. The Labute approximate surface area is 207 Å². The Morgan fingerprint density at radius 3 is 2.06 bits per heavy atom. The van der Waals surface area contributed by atoms with Gasteiger partial charge in [0, 0.05) is 28.7 Å². The van der Waals surface area contributed by atoms with E-state index in [1.54, 1.807) is 6.07 Å². The number of rotatable bonds is 6. The minimum atomic E-state index is -4.71. The van der Waals surface area contributed by atoms with Gasteiger partial charge in [-0.15, -0.1) is 0 Å². The lowest BCUT2D eigenvalue weighted by atomic mass is 9.75. The van der Waals surface area contributed by atoms with Gasteiger partial charge in [-0.1, -0.05) is 44.7 Å². The molecule has 1 aliphatic carbocycles. The summed E-state index contributed by atoms with van der Waals surface area (Å²) in [4.78, 5) is 0. The number of hydrogen-bond donors (Lipinski definition) is 0. The summed E-state index contributed by atoms with van der Waals surface area (Å²) in [6.45, 7) is 3.28. The van der Waals surface area contributed by atoms with Gasteiger partial charge in [0.25, 0.3) is 0 Å². The molecule has 36 heavy (non-hydrogen) atoms. The molecule has 8 heteroatoms. The first-order valence-corrected chi connectivity index (χ1v) is 12.4. The predicted molar refractivity (Wildman–Crippen MR) is 125 cm³/mol. The molecule has 1 heterocycles. The van der Waals surface area contributed by atoms with Crippen molar-refractivity contribution in [2.45, 2.75) is 57.9 Å². The highest BCUT2D eigenvalue weighted by Crippen LogP contribution is 2.39. The van der Waals surface area contributed by atoms with Gasteiger partial charge in [-0.25, -0.2) is 13.2 Å². The van der Waals surface area contributed by atoms with Gasteiger partial charge in [0.2, 0.25) is 0 Å². The minimum Gasteiger partial charge on any atom is -0.348 e. The van der Waals surface area contributed by atoms with Gasteiger partial charge in [0.1, 0.15) is 17.5 Å². The van der Waals surface area contributed by atoms with Crippen molar-refractivity contribution in [3.63, 3.8) is 0 Å². The lowest BCUT2D eigenvalue weighted by Gasteiger charge is -2.37. The van der Waals surface area contributed by atoms with Crippen LogP contribution in [0.4, 0.5) is 26.3 Å². The average molecular weight is 513 g/mol. The predicted octanol–water partition coefficient (Wildman–Crippen LogP) is 8.61. The van der Waals surface area contributed by atoms with Crippen LogP contribution in [0.25, 0.3) is 17.2 Å². The van der Waals surface area contributed by atoms with Gasteiger partial charge in [-0.05, 0) is 54.5 Å². The molecule has 4 rings (SSSR count). The van der Waals surface area contributed by atoms with Gasteiger partial charge < -0.3 is 9.47 Å². The molecule has 196 valence electrons. The van der Waals surface area contributed by atoms with Crippen LogP contribution in [-0.2, 0) is 9.47 Å². The van der Waals surface area contributed by atoms with Crippen LogP contribution >= 0.6 is 0 Å². The van der Waals surface area contributed by atoms with Crippen molar-refractivity contribution < 1.29 is 35.8 Å². The molecule has 0 atom stereocenters. The molecule has 0 aromatic heterocycles. The summed E-state index contributed by atoms with van der Waals surface area (Å²) in [5.41, 5.74) is -0.597. The second-order valence-corrected chi connectivity index (χ2v) is 9.80. The first-order valence-electron chi connectivity index (χ1n) is 12.4. The Bertz CT molecular complexity index is 1040. The van der Waals surface area contributed by atoms with E-state index in [1.165, 1.54) is 50.7 Å². The Morgan fingerprint density at radius 1 is 0.861 bits per heavy atom. The van der Waals surface area contributed by atoms with E-state index < -0.39 is 35.5 Å². The second kappa shape index (κ2) is 11.4. The Morgan fingerprint density at radius 2 is 1.50 bits per heavy atom. The first-order chi connectivity index (χ1) is 17.1. The van der Waals surface area contributed by atoms with Crippen molar-refractivity contribution in [3.8, 4) is 11.1 Å². The van der Waals surface area contributed by atoms with Gasteiger partial charge in [-0.3, -0.25) is 0 Å². The molecular weight excluding hydrogens is 482 g/mol. The Kier molecular flexibility index (Phi) is 8.45. The zero-order chi connectivity index (χ0) is 25.9. The molecule has 2 aromatic carbocycles. The van der Waals surface area contributed by atoms with Crippen LogP contribution < -0.4 is 0 Å².